The lowest BCUT2D eigenvalue weighted by molar-refractivity contribution is 0.372. The molecule has 16 heavy (non-hydrogen) atoms. The molecule has 0 aromatic carbocycles. The molecule has 0 N–H and O–H groups in total. The molecule has 0 unspecified atom stereocenters. The van der Waals surface area contributed by atoms with Crippen molar-refractivity contribution in [3.8, 4) is 6.19 Å². The van der Waals surface area contributed by atoms with Crippen molar-refractivity contribution in [3.05, 3.63) is 10.5 Å². The number of hydrogen-bond acceptors (Lipinski definition) is 5. The lowest BCUT2D eigenvalue weighted by Gasteiger charge is -2.10. The number of nitriles is 1. The third-order valence-corrected chi connectivity index (χ3v) is 2.66. The number of aromatic nitrogens is 4. The Morgan fingerprint density at radius 2 is 2.31 bits per heavy atom. The van der Waals surface area contributed by atoms with Crippen LogP contribution in [-0.2, 0) is 6.54 Å². The molecule has 0 amide bonds. The standard InChI is InChI=1S/C9H14N6O/c1-2-13(7-10)5-6-14-9(16)15(12-11-14)8-3-4-8/h8H,2-6H2,1H3. The molecule has 0 radical (unpaired) electrons. The van der Waals surface area contributed by atoms with E-state index in [1.54, 1.807) is 4.90 Å². The van der Waals surface area contributed by atoms with Crippen LogP contribution in [0.4, 0.5) is 0 Å². The molecule has 7 heteroatoms. The van der Waals surface area contributed by atoms with Gasteiger partial charge < -0.3 is 4.90 Å². The van der Waals surface area contributed by atoms with E-state index in [-0.39, 0.29) is 11.7 Å². The second-order valence-electron chi connectivity index (χ2n) is 3.84. The zero-order valence-electron chi connectivity index (χ0n) is 9.20. The van der Waals surface area contributed by atoms with Gasteiger partial charge in [0.05, 0.1) is 12.6 Å². The summed E-state index contributed by atoms with van der Waals surface area (Å²) in [5.74, 6) is 0. The highest BCUT2D eigenvalue weighted by Crippen LogP contribution is 2.32. The fraction of sp³-hybridized carbons (Fsp3) is 0.778. The van der Waals surface area contributed by atoms with E-state index < -0.39 is 0 Å². The van der Waals surface area contributed by atoms with Crippen molar-refractivity contribution < 1.29 is 0 Å². The van der Waals surface area contributed by atoms with E-state index in [2.05, 4.69) is 10.4 Å². The summed E-state index contributed by atoms with van der Waals surface area (Å²) in [4.78, 5) is 13.3. The summed E-state index contributed by atoms with van der Waals surface area (Å²) in [6.07, 6.45) is 4.07. The molecule has 1 saturated carbocycles. The van der Waals surface area contributed by atoms with Gasteiger partial charge in [-0.15, -0.1) is 0 Å². The highest BCUT2D eigenvalue weighted by atomic mass is 16.2. The molecule has 0 bridgehead atoms. The molecule has 1 aromatic rings. The molecule has 1 heterocycles. The average Bonchev–Trinajstić information content (AvgIpc) is 3.07. The molecule has 1 fully saturated rings. The first-order valence-electron chi connectivity index (χ1n) is 5.43. The molecule has 7 nitrogen and oxygen atoms in total. The van der Waals surface area contributed by atoms with Gasteiger partial charge in [0.2, 0.25) is 0 Å². The van der Waals surface area contributed by atoms with Crippen molar-refractivity contribution in [1.29, 1.82) is 5.26 Å². The van der Waals surface area contributed by atoms with Crippen molar-refractivity contribution >= 4 is 0 Å². The molecule has 2 rings (SSSR count). The summed E-state index contributed by atoms with van der Waals surface area (Å²) < 4.78 is 2.75. The van der Waals surface area contributed by atoms with Crippen LogP contribution in [0.3, 0.4) is 0 Å². The molecule has 86 valence electrons. The van der Waals surface area contributed by atoms with Crippen molar-refractivity contribution in [3.63, 3.8) is 0 Å². The molecule has 0 saturated heterocycles. The maximum atomic E-state index is 11.7. The van der Waals surface area contributed by atoms with E-state index in [0.29, 0.717) is 19.6 Å². The van der Waals surface area contributed by atoms with Crippen molar-refractivity contribution in [2.75, 3.05) is 13.1 Å². The molecule has 1 aliphatic carbocycles. The largest absolute Gasteiger partial charge is 0.363 e. The Balaban J connectivity index is 2.00. The minimum Gasteiger partial charge on any atom is -0.309 e. The Kier molecular flexibility index (Phi) is 2.90. The van der Waals surface area contributed by atoms with Gasteiger partial charge in [-0.05, 0) is 30.2 Å². The number of nitrogens with zero attached hydrogens (tertiary/aromatic N) is 6. The van der Waals surface area contributed by atoms with E-state index in [9.17, 15) is 4.79 Å². The summed E-state index contributed by atoms with van der Waals surface area (Å²) in [5.41, 5.74) is -0.170. The lowest BCUT2D eigenvalue weighted by atomic mass is 10.5. The second-order valence-corrected chi connectivity index (χ2v) is 3.84. The summed E-state index contributed by atoms with van der Waals surface area (Å²) >= 11 is 0. The summed E-state index contributed by atoms with van der Waals surface area (Å²) in [5, 5.41) is 16.3. The van der Waals surface area contributed by atoms with Crippen LogP contribution in [0.5, 0.6) is 0 Å². The van der Waals surface area contributed by atoms with Gasteiger partial charge in [0.25, 0.3) is 0 Å². The van der Waals surface area contributed by atoms with Crippen LogP contribution in [0.15, 0.2) is 4.79 Å². The second kappa shape index (κ2) is 4.35. The van der Waals surface area contributed by atoms with Gasteiger partial charge in [-0.1, -0.05) is 0 Å². The number of hydrogen-bond donors (Lipinski definition) is 0. The zero-order chi connectivity index (χ0) is 11.5. The lowest BCUT2D eigenvalue weighted by Crippen LogP contribution is -2.30. The van der Waals surface area contributed by atoms with Crippen LogP contribution >= 0.6 is 0 Å². The van der Waals surface area contributed by atoms with Crippen LogP contribution in [-0.4, -0.2) is 37.8 Å². The maximum Gasteiger partial charge on any atom is 0.363 e. The highest BCUT2D eigenvalue weighted by molar-refractivity contribution is 4.80. The van der Waals surface area contributed by atoms with Gasteiger partial charge in [-0.3, -0.25) is 0 Å². The quantitative estimate of drug-likeness (QED) is 0.499. The minimum atomic E-state index is -0.170. The van der Waals surface area contributed by atoms with Gasteiger partial charge in [0.1, 0.15) is 0 Å². The van der Waals surface area contributed by atoms with Crippen LogP contribution in [0.25, 0.3) is 0 Å². The van der Waals surface area contributed by atoms with Gasteiger partial charge in [0.15, 0.2) is 6.19 Å². The number of tetrazole rings is 1. The summed E-state index contributed by atoms with van der Waals surface area (Å²) in [6, 6.07) is 0.250. The smallest absolute Gasteiger partial charge is 0.309 e. The highest BCUT2D eigenvalue weighted by Gasteiger charge is 2.27. The molecule has 1 aromatic heterocycles. The van der Waals surface area contributed by atoms with E-state index >= 15 is 0 Å². The van der Waals surface area contributed by atoms with Crippen molar-refractivity contribution in [2.24, 2.45) is 0 Å². The SMILES string of the molecule is CCN(C#N)CCn1nnn(C2CC2)c1=O. The fourth-order valence-corrected chi connectivity index (χ4v) is 1.47. The predicted octanol–water partition coefficient (Wildman–Crippen LogP) is -0.422. The zero-order valence-corrected chi connectivity index (χ0v) is 9.20. The van der Waals surface area contributed by atoms with Gasteiger partial charge in [-0.25, -0.2) is 4.79 Å². The van der Waals surface area contributed by atoms with Crippen LogP contribution in [0.2, 0.25) is 0 Å². The molecular formula is C9H14N6O. The molecule has 0 spiro atoms. The number of likely N-dealkylation sites (N-methyl/N-ethyl adjacent to an activating group) is 1. The molecule has 0 aliphatic heterocycles. The van der Waals surface area contributed by atoms with Gasteiger partial charge >= 0.3 is 5.69 Å². The van der Waals surface area contributed by atoms with Crippen LogP contribution in [0, 0.1) is 11.5 Å². The topological polar surface area (TPSA) is 79.7 Å². The van der Waals surface area contributed by atoms with Gasteiger partial charge in [0, 0.05) is 13.1 Å². The van der Waals surface area contributed by atoms with Crippen LogP contribution < -0.4 is 5.69 Å². The van der Waals surface area contributed by atoms with Crippen LogP contribution in [0.1, 0.15) is 25.8 Å². The Labute approximate surface area is 92.9 Å². The monoisotopic (exact) mass is 222 g/mol. The fourth-order valence-electron chi connectivity index (χ4n) is 1.47. The third kappa shape index (κ3) is 2.05. The summed E-state index contributed by atoms with van der Waals surface area (Å²) in [6.45, 7) is 3.44. The van der Waals surface area contributed by atoms with Gasteiger partial charge in [-0.2, -0.15) is 14.6 Å². The first-order valence-corrected chi connectivity index (χ1v) is 5.43. The first-order chi connectivity index (χ1) is 7.76. The van der Waals surface area contributed by atoms with Crippen molar-refractivity contribution in [1.82, 2.24) is 24.7 Å². The number of rotatable bonds is 5. The van der Waals surface area contributed by atoms with E-state index in [0.717, 1.165) is 12.8 Å². The third-order valence-electron chi connectivity index (χ3n) is 2.66. The van der Waals surface area contributed by atoms with E-state index in [1.165, 1.54) is 9.36 Å². The summed E-state index contributed by atoms with van der Waals surface area (Å²) in [7, 11) is 0. The predicted molar refractivity (Wildman–Crippen MR) is 55.4 cm³/mol. The minimum absolute atomic E-state index is 0.170. The Morgan fingerprint density at radius 1 is 1.56 bits per heavy atom. The van der Waals surface area contributed by atoms with E-state index in [4.69, 9.17) is 5.26 Å². The van der Waals surface area contributed by atoms with E-state index in [1.807, 2.05) is 13.1 Å². The van der Waals surface area contributed by atoms with Crippen molar-refractivity contribution in [2.45, 2.75) is 32.4 Å². The average molecular weight is 222 g/mol. The Hall–Kier alpha value is -1.84. The maximum absolute atomic E-state index is 11.7. The normalized spacial score (nSPS) is 14.8. The molecule has 1 aliphatic rings. The molecule has 0 atom stereocenters. The first kappa shape index (κ1) is 10.7. The molecular weight excluding hydrogens is 208 g/mol. The Morgan fingerprint density at radius 3 is 2.88 bits per heavy atom. The Bertz CT molecular complexity index is 451.